The van der Waals surface area contributed by atoms with Crippen molar-refractivity contribution in [2.45, 2.75) is 6.61 Å². The molecule has 0 radical (unpaired) electrons. The highest BCUT2D eigenvalue weighted by Gasteiger charge is 2.15. The summed E-state index contributed by atoms with van der Waals surface area (Å²) in [7, 11) is 0. The van der Waals surface area contributed by atoms with Crippen LogP contribution >= 0.6 is 22.9 Å². The van der Waals surface area contributed by atoms with Gasteiger partial charge < -0.3 is 9.84 Å². The van der Waals surface area contributed by atoms with Gasteiger partial charge in [-0.05, 0) is 52.4 Å². The quantitative estimate of drug-likeness (QED) is 0.300. The van der Waals surface area contributed by atoms with Crippen molar-refractivity contribution < 1.29 is 14.6 Å². The molecule has 1 heterocycles. The second-order valence-corrected chi connectivity index (χ2v) is 8.22. The number of ether oxygens (including phenoxy) is 1. The van der Waals surface area contributed by atoms with Gasteiger partial charge >= 0.3 is 5.97 Å². The van der Waals surface area contributed by atoms with Crippen molar-refractivity contribution in [3.05, 3.63) is 106 Å². The highest BCUT2D eigenvalue weighted by atomic mass is 35.5. The maximum absolute atomic E-state index is 10.7. The van der Waals surface area contributed by atoms with Gasteiger partial charge in [0.15, 0.2) is 0 Å². The number of carboxylic acids is 1. The van der Waals surface area contributed by atoms with Crippen molar-refractivity contribution in [3.8, 4) is 27.3 Å². The lowest BCUT2D eigenvalue weighted by molar-refractivity contribution is -0.131. The molecule has 0 spiro atoms. The molecule has 0 aliphatic rings. The molecule has 5 heteroatoms. The summed E-state index contributed by atoms with van der Waals surface area (Å²) in [5.41, 5.74) is 4.96. The van der Waals surface area contributed by atoms with E-state index in [0.717, 1.165) is 44.5 Å². The molecule has 4 rings (SSSR count). The lowest BCUT2D eigenvalue weighted by Crippen LogP contribution is -1.97. The Labute approximate surface area is 189 Å². The fourth-order valence-electron chi connectivity index (χ4n) is 3.23. The Morgan fingerprint density at radius 2 is 1.74 bits per heavy atom. The average molecular weight is 447 g/mol. The first-order valence-electron chi connectivity index (χ1n) is 9.66. The third-order valence-corrected chi connectivity index (χ3v) is 5.92. The predicted octanol–water partition coefficient (Wildman–Crippen LogP) is 7.41. The highest BCUT2D eigenvalue weighted by molar-refractivity contribution is 7.14. The maximum Gasteiger partial charge on any atom is 0.328 e. The third-order valence-electron chi connectivity index (χ3n) is 4.73. The Balaban J connectivity index is 1.65. The molecule has 0 fully saturated rings. The number of aliphatic carboxylic acids is 1. The molecule has 0 amide bonds. The van der Waals surface area contributed by atoms with Crippen LogP contribution in [0.15, 0.2) is 90.3 Å². The number of carbonyl (C=O) groups is 1. The van der Waals surface area contributed by atoms with Gasteiger partial charge in [-0.3, -0.25) is 0 Å². The summed E-state index contributed by atoms with van der Waals surface area (Å²) in [6, 6.07) is 25.6. The first-order valence-corrected chi connectivity index (χ1v) is 10.9. The van der Waals surface area contributed by atoms with Gasteiger partial charge in [-0.15, -0.1) is 11.3 Å². The van der Waals surface area contributed by atoms with E-state index in [1.54, 1.807) is 17.4 Å². The molecule has 4 aromatic rings. The molecule has 0 saturated heterocycles. The van der Waals surface area contributed by atoms with Crippen LogP contribution in [0, 0.1) is 0 Å². The van der Waals surface area contributed by atoms with Gasteiger partial charge in [-0.25, -0.2) is 4.79 Å². The zero-order valence-electron chi connectivity index (χ0n) is 16.5. The predicted molar refractivity (Wildman–Crippen MR) is 128 cm³/mol. The van der Waals surface area contributed by atoms with E-state index in [4.69, 9.17) is 21.4 Å². The largest absolute Gasteiger partial charge is 0.488 e. The van der Waals surface area contributed by atoms with Gasteiger partial charge in [-0.2, -0.15) is 0 Å². The molecule has 1 aromatic heterocycles. The van der Waals surface area contributed by atoms with Crippen LogP contribution in [0.1, 0.15) is 11.1 Å². The molecule has 0 aliphatic carbocycles. The molecule has 0 aliphatic heterocycles. The molecule has 0 unspecified atom stereocenters. The molecule has 31 heavy (non-hydrogen) atoms. The molecule has 3 nitrogen and oxygen atoms in total. The van der Waals surface area contributed by atoms with Crippen molar-refractivity contribution in [2.24, 2.45) is 0 Å². The summed E-state index contributed by atoms with van der Waals surface area (Å²) in [6.45, 7) is 0.472. The smallest absolute Gasteiger partial charge is 0.328 e. The van der Waals surface area contributed by atoms with E-state index < -0.39 is 5.97 Å². The van der Waals surface area contributed by atoms with Gasteiger partial charge in [0, 0.05) is 27.1 Å². The van der Waals surface area contributed by atoms with Crippen molar-refractivity contribution in [1.29, 1.82) is 0 Å². The molecular formula is C26H19ClO3S. The fourth-order valence-corrected chi connectivity index (χ4v) is 4.32. The SMILES string of the molecule is O=C(O)C=Cc1ccc(-c2sccc2-c2cc(Cl)ccc2OCc2ccccc2)cc1. The first kappa shape index (κ1) is 20.9. The van der Waals surface area contributed by atoms with Gasteiger partial charge in [0.05, 0.1) is 0 Å². The minimum absolute atomic E-state index is 0.472. The van der Waals surface area contributed by atoms with E-state index in [9.17, 15) is 4.79 Å². The monoisotopic (exact) mass is 446 g/mol. The standard InChI is InChI=1S/C26H19ClO3S/c27-21-11-12-24(30-17-19-4-2-1-3-5-19)23(16-21)22-14-15-31-26(22)20-9-6-18(7-10-20)8-13-25(28)29/h1-16H,17H2,(H,28,29). The van der Waals surface area contributed by atoms with Gasteiger partial charge in [0.2, 0.25) is 0 Å². The Bertz CT molecular complexity index is 1210. The fraction of sp³-hybridized carbons (Fsp3) is 0.0385. The van der Waals surface area contributed by atoms with E-state index >= 15 is 0 Å². The van der Waals surface area contributed by atoms with Crippen LogP contribution in [0.4, 0.5) is 0 Å². The van der Waals surface area contributed by atoms with Gasteiger partial charge in [0.25, 0.3) is 0 Å². The van der Waals surface area contributed by atoms with Crippen molar-refractivity contribution in [1.82, 2.24) is 0 Å². The summed E-state index contributed by atoms with van der Waals surface area (Å²) < 4.78 is 6.15. The number of hydrogen-bond donors (Lipinski definition) is 1. The van der Waals surface area contributed by atoms with Crippen LogP contribution in [0.3, 0.4) is 0 Å². The summed E-state index contributed by atoms with van der Waals surface area (Å²) >= 11 is 7.96. The van der Waals surface area contributed by atoms with Crippen LogP contribution in [0.5, 0.6) is 5.75 Å². The van der Waals surface area contributed by atoms with E-state index in [1.807, 2.05) is 78.2 Å². The lowest BCUT2D eigenvalue weighted by atomic mass is 10.0. The van der Waals surface area contributed by atoms with E-state index in [2.05, 4.69) is 6.07 Å². The second-order valence-electron chi connectivity index (χ2n) is 6.87. The van der Waals surface area contributed by atoms with Crippen LogP contribution in [0.25, 0.3) is 27.6 Å². The zero-order chi connectivity index (χ0) is 21.6. The Morgan fingerprint density at radius 1 is 0.968 bits per heavy atom. The molecule has 1 N–H and O–H groups in total. The number of benzene rings is 3. The summed E-state index contributed by atoms with van der Waals surface area (Å²) in [5, 5.41) is 11.5. The minimum atomic E-state index is -0.964. The average Bonchev–Trinajstić information content (AvgIpc) is 3.27. The topological polar surface area (TPSA) is 46.5 Å². The summed E-state index contributed by atoms with van der Waals surface area (Å²) in [6.07, 6.45) is 2.71. The summed E-state index contributed by atoms with van der Waals surface area (Å²) in [4.78, 5) is 11.8. The molecule has 0 bridgehead atoms. The Morgan fingerprint density at radius 3 is 2.48 bits per heavy atom. The normalized spacial score (nSPS) is 11.0. The molecule has 154 valence electrons. The van der Waals surface area contributed by atoms with Crippen molar-refractivity contribution in [3.63, 3.8) is 0 Å². The number of halogens is 1. The maximum atomic E-state index is 10.7. The van der Waals surface area contributed by atoms with Crippen molar-refractivity contribution in [2.75, 3.05) is 0 Å². The minimum Gasteiger partial charge on any atom is -0.488 e. The number of rotatable bonds is 7. The number of hydrogen-bond acceptors (Lipinski definition) is 3. The van der Waals surface area contributed by atoms with E-state index in [1.165, 1.54) is 0 Å². The Kier molecular flexibility index (Phi) is 6.51. The summed E-state index contributed by atoms with van der Waals surface area (Å²) in [5.74, 6) is -0.192. The molecule has 0 atom stereocenters. The van der Waals surface area contributed by atoms with Gasteiger partial charge in [0.1, 0.15) is 12.4 Å². The van der Waals surface area contributed by atoms with Crippen molar-refractivity contribution >= 4 is 35.0 Å². The molecule has 3 aromatic carbocycles. The van der Waals surface area contributed by atoms with Crippen LogP contribution in [-0.2, 0) is 11.4 Å². The van der Waals surface area contributed by atoms with E-state index in [0.29, 0.717) is 11.6 Å². The highest BCUT2D eigenvalue weighted by Crippen LogP contribution is 2.42. The van der Waals surface area contributed by atoms with Crippen LogP contribution in [-0.4, -0.2) is 11.1 Å². The molecular weight excluding hydrogens is 428 g/mol. The first-order chi connectivity index (χ1) is 15.1. The second kappa shape index (κ2) is 9.65. The van der Waals surface area contributed by atoms with E-state index in [-0.39, 0.29) is 0 Å². The van der Waals surface area contributed by atoms with Crippen LogP contribution < -0.4 is 4.74 Å². The number of carboxylic acid groups (broad SMARTS) is 1. The lowest BCUT2D eigenvalue weighted by Gasteiger charge is -2.13. The number of thiophene rings is 1. The third kappa shape index (κ3) is 5.23. The molecule has 0 saturated carbocycles. The zero-order valence-corrected chi connectivity index (χ0v) is 18.1. The van der Waals surface area contributed by atoms with Gasteiger partial charge in [-0.1, -0.05) is 66.2 Å². The van der Waals surface area contributed by atoms with Crippen LogP contribution in [0.2, 0.25) is 5.02 Å². The Hall–Kier alpha value is -3.34.